The second-order valence-electron chi connectivity index (χ2n) is 4.50. The van der Waals surface area contributed by atoms with Gasteiger partial charge in [-0.05, 0) is 48.4 Å². The van der Waals surface area contributed by atoms with Gasteiger partial charge in [0.2, 0.25) is 0 Å². The Morgan fingerprint density at radius 3 is 2.63 bits per heavy atom. The third-order valence-corrected chi connectivity index (χ3v) is 3.52. The fourth-order valence-corrected chi connectivity index (χ4v) is 2.59. The van der Waals surface area contributed by atoms with Gasteiger partial charge in [-0.3, -0.25) is 0 Å². The van der Waals surface area contributed by atoms with Crippen LogP contribution in [0.2, 0.25) is 0 Å². The van der Waals surface area contributed by atoms with Crippen molar-refractivity contribution in [2.75, 3.05) is 6.54 Å². The summed E-state index contributed by atoms with van der Waals surface area (Å²) < 4.78 is 14.3. The first kappa shape index (κ1) is 14.2. The van der Waals surface area contributed by atoms with Gasteiger partial charge in [0.15, 0.2) is 0 Å². The smallest absolute Gasteiger partial charge is 0.123 e. The SMILES string of the molecule is CCNC(Cc1cccc(F)c1)c1cccc(Br)c1. The quantitative estimate of drug-likeness (QED) is 0.856. The van der Waals surface area contributed by atoms with E-state index in [4.69, 9.17) is 0 Å². The minimum Gasteiger partial charge on any atom is -0.310 e. The highest BCUT2D eigenvalue weighted by Crippen LogP contribution is 2.22. The van der Waals surface area contributed by atoms with Crippen molar-refractivity contribution in [2.45, 2.75) is 19.4 Å². The summed E-state index contributed by atoms with van der Waals surface area (Å²) in [5.41, 5.74) is 2.21. The number of halogens is 2. The topological polar surface area (TPSA) is 12.0 Å². The standard InChI is InChI=1S/C16H17BrFN/c1-2-19-16(13-6-4-7-14(17)11-13)10-12-5-3-8-15(18)9-12/h3-9,11,16,19H,2,10H2,1H3. The van der Waals surface area contributed by atoms with Crippen LogP contribution in [-0.4, -0.2) is 6.54 Å². The molecule has 0 bridgehead atoms. The largest absolute Gasteiger partial charge is 0.310 e. The summed E-state index contributed by atoms with van der Waals surface area (Å²) >= 11 is 3.49. The van der Waals surface area contributed by atoms with Crippen LogP contribution in [0, 0.1) is 5.82 Å². The molecule has 0 fully saturated rings. The first-order valence-corrected chi connectivity index (χ1v) is 7.21. The molecule has 0 saturated heterocycles. The zero-order valence-electron chi connectivity index (χ0n) is 10.9. The summed E-state index contributed by atoms with van der Waals surface area (Å²) in [4.78, 5) is 0. The van der Waals surface area contributed by atoms with Crippen LogP contribution in [0.1, 0.15) is 24.1 Å². The van der Waals surface area contributed by atoms with Crippen molar-refractivity contribution < 1.29 is 4.39 Å². The van der Waals surface area contributed by atoms with Crippen LogP contribution in [0.15, 0.2) is 53.0 Å². The van der Waals surface area contributed by atoms with Crippen LogP contribution in [0.25, 0.3) is 0 Å². The minimum absolute atomic E-state index is 0.179. The first-order valence-electron chi connectivity index (χ1n) is 6.42. The third kappa shape index (κ3) is 4.15. The number of benzene rings is 2. The predicted octanol–water partition coefficient (Wildman–Crippen LogP) is 4.48. The van der Waals surface area contributed by atoms with Crippen LogP contribution in [0.5, 0.6) is 0 Å². The van der Waals surface area contributed by atoms with Crippen LogP contribution < -0.4 is 5.32 Å². The van der Waals surface area contributed by atoms with Gasteiger partial charge in [0.25, 0.3) is 0 Å². The van der Waals surface area contributed by atoms with Gasteiger partial charge in [-0.25, -0.2) is 4.39 Å². The Morgan fingerprint density at radius 1 is 1.16 bits per heavy atom. The van der Waals surface area contributed by atoms with Gasteiger partial charge in [-0.15, -0.1) is 0 Å². The molecule has 0 aliphatic rings. The molecule has 0 spiro atoms. The summed E-state index contributed by atoms with van der Waals surface area (Å²) in [6.45, 7) is 2.96. The number of likely N-dealkylation sites (N-methyl/N-ethyl adjacent to an activating group) is 1. The molecule has 2 aromatic rings. The van der Waals surface area contributed by atoms with Crippen molar-refractivity contribution in [2.24, 2.45) is 0 Å². The van der Waals surface area contributed by atoms with Gasteiger partial charge in [-0.1, -0.05) is 47.1 Å². The first-order chi connectivity index (χ1) is 9.19. The molecule has 2 rings (SSSR count). The molecule has 0 aliphatic carbocycles. The molecule has 0 aromatic heterocycles. The Bertz CT molecular complexity index is 542. The molecule has 1 N–H and O–H groups in total. The fraction of sp³-hybridized carbons (Fsp3) is 0.250. The lowest BCUT2D eigenvalue weighted by atomic mass is 9.99. The van der Waals surface area contributed by atoms with E-state index < -0.39 is 0 Å². The van der Waals surface area contributed by atoms with Crippen LogP contribution in [0.4, 0.5) is 4.39 Å². The summed E-state index contributed by atoms with van der Waals surface area (Å²) in [6, 6.07) is 15.2. The van der Waals surface area contributed by atoms with E-state index in [-0.39, 0.29) is 11.9 Å². The molecule has 0 aliphatic heterocycles. The monoisotopic (exact) mass is 321 g/mol. The van der Waals surface area contributed by atoms with Crippen molar-refractivity contribution in [1.82, 2.24) is 5.32 Å². The van der Waals surface area contributed by atoms with Gasteiger partial charge >= 0.3 is 0 Å². The molecule has 2 aromatic carbocycles. The van der Waals surface area contributed by atoms with E-state index in [9.17, 15) is 4.39 Å². The highest BCUT2D eigenvalue weighted by Gasteiger charge is 2.11. The average Bonchev–Trinajstić information content (AvgIpc) is 2.38. The van der Waals surface area contributed by atoms with E-state index in [1.54, 1.807) is 12.1 Å². The molecule has 3 heteroatoms. The Hall–Kier alpha value is -1.19. The molecule has 0 amide bonds. The van der Waals surface area contributed by atoms with Gasteiger partial charge < -0.3 is 5.32 Å². The van der Waals surface area contributed by atoms with Gasteiger partial charge in [0.05, 0.1) is 0 Å². The Balaban J connectivity index is 2.21. The highest BCUT2D eigenvalue weighted by molar-refractivity contribution is 9.10. The zero-order valence-corrected chi connectivity index (χ0v) is 12.5. The number of hydrogen-bond acceptors (Lipinski definition) is 1. The molecule has 1 atom stereocenters. The summed E-state index contributed by atoms with van der Waals surface area (Å²) in [7, 11) is 0. The van der Waals surface area contributed by atoms with E-state index >= 15 is 0 Å². The van der Waals surface area contributed by atoms with Crippen molar-refractivity contribution >= 4 is 15.9 Å². The van der Waals surface area contributed by atoms with Crippen molar-refractivity contribution in [3.8, 4) is 0 Å². The van der Waals surface area contributed by atoms with Gasteiger partial charge in [0, 0.05) is 10.5 Å². The zero-order chi connectivity index (χ0) is 13.7. The summed E-state index contributed by atoms with van der Waals surface area (Å²) in [5.74, 6) is -0.179. The summed E-state index contributed by atoms with van der Waals surface area (Å²) in [5, 5.41) is 3.45. The van der Waals surface area contributed by atoms with E-state index in [1.807, 2.05) is 18.2 Å². The molecular weight excluding hydrogens is 305 g/mol. The lowest BCUT2D eigenvalue weighted by Crippen LogP contribution is -2.23. The van der Waals surface area contributed by atoms with E-state index in [1.165, 1.54) is 11.6 Å². The average molecular weight is 322 g/mol. The maximum Gasteiger partial charge on any atom is 0.123 e. The van der Waals surface area contributed by atoms with Crippen LogP contribution in [0.3, 0.4) is 0 Å². The van der Waals surface area contributed by atoms with Gasteiger partial charge in [0.1, 0.15) is 5.82 Å². The number of rotatable bonds is 5. The Kier molecular flexibility index (Phi) is 5.11. The van der Waals surface area contributed by atoms with Crippen molar-refractivity contribution in [3.63, 3.8) is 0 Å². The number of nitrogens with one attached hydrogen (secondary N) is 1. The maximum absolute atomic E-state index is 13.2. The lowest BCUT2D eigenvalue weighted by molar-refractivity contribution is 0.546. The van der Waals surface area contributed by atoms with Gasteiger partial charge in [-0.2, -0.15) is 0 Å². The van der Waals surface area contributed by atoms with E-state index in [0.717, 1.165) is 23.0 Å². The maximum atomic E-state index is 13.2. The molecule has 19 heavy (non-hydrogen) atoms. The number of hydrogen-bond donors (Lipinski definition) is 1. The predicted molar refractivity (Wildman–Crippen MR) is 80.7 cm³/mol. The Labute approximate surface area is 122 Å². The normalized spacial score (nSPS) is 12.4. The van der Waals surface area contributed by atoms with E-state index in [2.05, 4.69) is 40.3 Å². The molecule has 1 unspecified atom stereocenters. The summed E-state index contributed by atoms with van der Waals surface area (Å²) in [6.07, 6.45) is 0.780. The highest BCUT2D eigenvalue weighted by atomic mass is 79.9. The molecule has 1 nitrogen and oxygen atoms in total. The van der Waals surface area contributed by atoms with E-state index in [0.29, 0.717) is 0 Å². The molecule has 0 radical (unpaired) electrons. The third-order valence-electron chi connectivity index (χ3n) is 3.03. The lowest BCUT2D eigenvalue weighted by Gasteiger charge is -2.19. The minimum atomic E-state index is -0.179. The van der Waals surface area contributed by atoms with Crippen molar-refractivity contribution in [3.05, 3.63) is 69.9 Å². The Morgan fingerprint density at radius 2 is 1.95 bits per heavy atom. The molecule has 0 heterocycles. The second-order valence-corrected chi connectivity index (χ2v) is 5.41. The molecular formula is C16H17BrFN. The molecule has 0 saturated carbocycles. The fourth-order valence-electron chi connectivity index (χ4n) is 2.18. The van der Waals surface area contributed by atoms with Crippen LogP contribution >= 0.6 is 15.9 Å². The second kappa shape index (κ2) is 6.83. The molecule has 100 valence electrons. The van der Waals surface area contributed by atoms with Crippen molar-refractivity contribution in [1.29, 1.82) is 0 Å². The van der Waals surface area contributed by atoms with Crippen LogP contribution in [-0.2, 0) is 6.42 Å².